The van der Waals surface area contributed by atoms with Gasteiger partial charge in [-0.3, -0.25) is 4.79 Å². The number of rotatable bonds is 6. The van der Waals surface area contributed by atoms with E-state index in [4.69, 9.17) is 5.11 Å². The molecule has 0 rings (SSSR count). The topological polar surface area (TPSA) is 49.3 Å². The van der Waals surface area contributed by atoms with Crippen LogP contribution in [0.1, 0.15) is 47.5 Å². The quantitative estimate of drug-likeness (QED) is 0.715. The van der Waals surface area contributed by atoms with Crippen LogP contribution in [0, 0.1) is 10.8 Å². The predicted octanol–water partition coefficient (Wildman–Crippen LogP) is 2.51. The zero-order chi connectivity index (χ0) is 12.1. The molecule has 0 fully saturated rings. The lowest BCUT2D eigenvalue weighted by Gasteiger charge is -2.29. The molecule has 3 nitrogen and oxygen atoms in total. The zero-order valence-corrected chi connectivity index (χ0v) is 10.7. The summed E-state index contributed by atoms with van der Waals surface area (Å²) in [5.41, 5.74) is 0.521. The van der Waals surface area contributed by atoms with Crippen molar-refractivity contribution < 1.29 is 9.90 Å². The van der Waals surface area contributed by atoms with Crippen LogP contribution in [0.4, 0.5) is 0 Å². The van der Waals surface area contributed by atoms with Gasteiger partial charge in [-0.1, -0.05) is 34.6 Å². The summed E-state index contributed by atoms with van der Waals surface area (Å²) in [4.78, 5) is 10.3. The largest absolute Gasteiger partial charge is 0.480 e. The van der Waals surface area contributed by atoms with Crippen molar-refractivity contribution in [2.75, 3.05) is 13.1 Å². The van der Waals surface area contributed by atoms with Crippen molar-refractivity contribution in [3.8, 4) is 0 Å². The molecule has 0 aromatic carbocycles. The first-order valence-corrected chi connectivity index (χ1v) is 5.55. The highest BCUT2D eigenvalue weighted by Gasteiger charge is 2.21. The Bertz CT molecular complexity index is 204. The Kier molecular flexibility index (Phi) is 5.29. The van der Waals surface area contributed by atoms with Crippen LogP contribution in [0.15, 0.2) is 0 Å². The van der Waals surface area contributed by atoms with Crippen LogP contribution in [0.25, 0.3) is 0 Å². The monoisotopic (exact) mass is 215 g/mol. The van der Waals surface area contributed by atoms with Gasteiger partial charge in [0.1, 0.15) is 0 Å². The van der Waals surface area contributed by atoms with Crippen LogP contribution in [0.3, 0.4) is 0 Å². The third kappa shape index (κ3) is 9.73. The second-order valence-electron chi connectivity index (χ2n) is 6.22. The minimum atomic E-state index is -0.790. The predicted molar refractivity (Wildman–Crippen MR) is 63.0 cm³/mol. The third-order valence-electron chi connectivity index (χ3n) is 2.43. The van der Waals surface area contributed by atoms with Gasteiger partial charge < -0.3 is 10.4 Å². The van der Waals surface area contributed by atoms with E-state index in [1.165, 1.54) is 0 Å². The lowest BCUT2D eigenvalue weighted by molar-refractivity contribution is -0.136. The maximum Gasteiger partial charge on any atom is 0.317 e. The molecule has 2 N–H and O–H groups in total. The van der Waals surface area contributed by atoms with Gasteiger partial charge in [0.2, 0.25) is 0 Å². The van der Waals surface area contributed by atoms with Gasteiger partial charge in [-0.15, -0.1) is 0 Å². The molecule has 15 heavy (non-hydrogen) atoms. The first-order valence-electron chi connectivity index (χ1n) is 5.55. The minimum absolute atomic E-state index is 0.0545. The molecule has 0 saturated heterocycles. The molecule has 0 bridgehead atoms. The molecule has 0 radical (unpaired) electrons. The van der Waals surface area contributed by atoms with E-state index in [1.54, 1.807) is 0 Å². The molecule has 0 aromatic rings. The Balaban J connectivity index is 3.81. The fourth-order valence-electron chi connectivity index (χ4n) is 1.31. The Morgan fingerprint density at radius 3 is 2.07 bits per heavy atom. The summed E-state index contributed by atoms with van der Waals surface area (Å²) in [5, 5.41) is 11.5. The first-order chi connectivity index (χ1) is 6.62. The van der Waals surface area contributed by atoms with Crippen LogP contribution in [-0.2, 0) is 4.79 Å². The van der Waals surface area contributed by atoms with E-state index in [0.717, 1.165) is 19.4 Å². The van der Waals surface area contributed by atoms with Crippen molar-refractivity contribution in [2.24, 2.45) is 10.8 Å². The molecule has 0 heterocycles. The number of carboxylic acid groups (broad SMARTS) is 1. The van der Waals surface area contributed by atoms with E-state index in [1.807, 2.05) is 0 Å². The SMILES string of the molecule is CC(C)(C)CCC(C)(C)CNCC(=O)O. The molecule has 0 amide bonds. The van der Waals surface area contributed by atoms with Crippen LogP contribution >= 0.6 is 0 Å². The van der Waals surface area contributed by atoms with E-state index in [0.29, 0.717) is 5.41 Å². The molecule has 90 valence electrons. The molecular weight excluding hydrogens is 190 g/mol. The summed E-state index contributed by atoms with van der Waals surface area (Å²) >= 11 is 0. The number of aliphatic carboxylic acids is 1. The molecule has 0 spiro atoms. The van der Waals surface area contributed by atoms with E-state index in [9.17, 15) is 4.79 Å². The lowest BCUT2D eigenvalue weighted by atomic mass is 9.80. The van der Waals surface area contributed by atoms with Gasteiger partial charge in [0.25, 0.3) is 0 Å². The Labute approximate surface area is 93.3 Å². The van der Waals surface area contributed by atoms with Crippen molar-refractivity contribution in [3.05, 3.63) is 0 Å². The molecular formula is C12H25NO2. The first kappa shape index (κ1) is 14.4. The smallest absolute Gasteiger partial charge is 0.317 e. The normalized spacial score (nSPS) is 12.9. The number of hydrogen-bond acceptors (Lipinski definition) is 2. The summed E-state index contributed by atoms with van der Waals surface area (Å²) in [6.45, 7) is 11.9. The standard InChI is InChI=1S/C12H25NO2/c1-11(2,3)6-7-12(4,5)9-13-8-10(14)15/h13H,6-9H2,1-5H3,(H,14,15). The highest BCUT2D eigenvalue weighted by molar-refractivity contribution is 5.68. The molecule has 0 aliphatic rings. The van der Waals surface area contributed by atoms with E-state index >= 15 is 0 Å². The fraction of sp³-hybridized carbons (Fsp3) is 0.917. The molecule has 0 saturated carbocycles. The van der Waals surface area contributed by atoms with Crippen molar-refractivity contribution >= 4 is 5.97 Å². The van der Waals surface area contributed by atoms with Gasteiger partial charge in [-0.2, -0.15) is 0 Å². The highest BCUT2D eigenvalue weighted by atomic mass is 16.4. The lowest BCUT2D eigenvalue weighted by Crippen LogP contribution is -2.33. The van der Waals surface area contributed by atoms with Gasteiger partial charge >= 0.3 is 5.97 Å². The van der Waals surface area contributed by atoms with Crippen molar-refractivity contribution in [3.63, 3.8) is 0 Å². The summed E-state index contributed by atoms with van der Waals surface area (Å²) in [7, 11) is 0. The number of nitrogens with one attached hydrogen (secondary N) is 1. The Hall–Kier alpha value is -0.570. The average Bonchev–Trinajstić information content (AvgIpc) is 1.99. The van der Waals surface area contributed by atoms with Crippen LogP contribution in [-0.4, -0.2) is 24.2 Å². The number of carbonyl (C=O) groups is 1. The van der Waals surface area contributed by atoms with Gasteiger partial charge in [-0.05, 0) is 23.7 Å². The van der Waals surface area contributed by atoms with Gasteiger partial charge in [0, 0.05) is 6.54 Å². The summed E-state index contributed by atoms with van der Waals surface area (Å²) < 4.78 is 0. The molecule has 0 unspecified atom stereocenters. The van der Waals surface area contributed by atoms with Crippen molar-refractivity contribution in [1.82, 2.24) is 5.32 Å². The summed E-state index contributed by atoms with van der Waals surface area (Å²) in [6.07, 6.45) is 2.28. The highest BCUT2D eigenvalue weighted by Crippen LogP contribution is 2.29. The van der Waals surface area contributed by atoms with Crippen LogP contribution < -0.4 is 5.32 Å². The molecule has 0 aliphatic carbocycles. The second-order valence-corrected chi connectivity index (χ2v) is 6.22. The number of hydrogen-bond donors (Lipinski definition) is 2. The maximum atomic E-state index is 10.3. The average molecular weight is 215 g/mol. The summed E-state index contributed by atoms with van der Waals surface area (Å²) in [6, 6.07) is 0. The number of carboxylic acids is 1. The van der Waals surface area contributed by atoms with E-state index in [2.05, 4.69) is 39.9 Å². The van der Waals surface area contributed by atoms with Crippen LogP contribution in [0.5, 0.6) is 0 Å². The van der Waals surface area contributed by atoms with E-state index < -0.39 is 5.97 Å². The van der Waals surface area contributed by atoms with Gasteiger partial charge in [-0.25, -0.2) is 0 Å². The fourth-order valence-corrected chi connectivity index (χ4v) is 1.31. The maximum absolute atomic E-state index is 10.3. The third-order valence-corrected chi connectivity index (χ3v) is 2.43. The van der Waals surface area contributed by atoms with Gasteiger partial charge in [0.15, 0.2) is 0 Å². The molecule has 3 heteroatoms. The molecule has 0 atom stereocenters. The van der Waals surface area contributed by atoms with Crippen molar-refractivity contribution in [2.45, 2.75) is 47.5 Å². The summed E-state index contributed by atoms with van der Waals surface area (Å²) in [5.74, 6) is -0.790. The minimum Gasteiger partial charge on any atom is -0.480 e. The Morgan fingerprint density at radius 1 is 1.13 bits per heavy atom. The van der Waals surface area contributed by atoms with Crippen LogP contribution in [0.2, 0.25) is 0 Å². The zero-order valence-electron chi connectivity index (χ0n) is 10.7. The van der Waals surface area contributed by atoms with Crippen molar-refractivity contribution in [1.29, 1.82) is 0 Å². The van der Waals surface area contributed by atoms with E-state index in [-0.39, 0.29) is 12.0 Å². The molecule has 0 aliphatic heterocycles. The second kappa shape index (κ2) is 5.50. The van der Waals surface area contributed by atoms with Gasteiger partial charge in [0.05, 0.1) is 6.54 Å². The molecule has 0 aromatic heterocycles. The Morgan fingerprint density at radius 2 is 1.67 bits per heavy atom.